The Morgan fingerprint density at radius 1 is 1.04 bits per heavy atom. The first-order valence-electron chi connectivity index (χ1n) is 9.64. The second-order valence-electron chi connectivity index (χ2n) is 7.04. The van der Waals surface area contributed by atoms with E-state index in [1.165, 1.54) is 54.1 Å². The Morgan fingerprint density at radius 2 is 1.58 bits per heavy atom. The topological polar surface area (TPSA) is 17.3 Å². The summed E-state index contributed by atoms with van der Waals surface area (Å²) in [5.41, 5.74) is 1.53. The molecule has 0 spiro atoms. The third kappa shape index (κ3) is 4.34. The van der Waals surface area contributed by atoms with Gasteiger partial charge in [-0.2, -0.15) is 0 Å². The Balaban J connectivity index is 2.50. The van der Waals surface area contributed by atoms with Gasteiger partial charge in [0.25, 0.3) is 0 Å². The molecule has 0 aliphatic carbocycles. The first-order valence-corrected chi connectivity index (χ1v) is 19.2. The number of fused-ring (bicyclic) bond motifs is 1. The van der Waals surface area contributed by atoms with Crippen LogP contribution in [0, 0.1) is 6.92 Å². The van der Waals surface area contributed by atoms with Gasteiger partial charge in [-0.25, -0.2) is 0 Å². The average Bonchev–Trinajstić information content (AvgIpc) is 3.15. The van der Waals surface area contributed by atoms with Crippen LogP contribution >= 0.6 is 23.1 Å². The predicted octanol–water partition coefficient (Wildman–Crippen LogP) is 6.48. The fourth-order valence-electron chi connectivity index (χ4n) is 3.83. The predicted molar refractivity (Wildman–Crippen MR) is 114 cm³/mol. The number of thioether (sulfide) groups is 1. The maximum absolute atomic E-state index is 4.60. The third-order valence-electron chi connectivity index (χ3n) is 5.28. The van der Waals surface area contributed by atoms with Gasteiger partial charge in [0, 0.05) is 0 Å². The zero-order valence-electron chi connectivity index (χ0n) is 16.2. The first kappa shape index (κ1) is 20.6. The number of aryl methyl sites for hydroxylation is 1. The molecule has 0 fully saturated rings. The van der Waals surface area contributed by atoms with E-state index in [1.807, 2.05) is 2.89 Å². The van der Waals surface area contributed by atoms with Crippen molar-refractivity contribution in [2.24, 2.45) is 0 Å². The summed E-state index contributed by atoms with van der Waals surface area (Å²) in [5, 5.41) is 1.22. The number of unbranched alkanes of at least 4 members (excludes halogenated alkanes) is 3. The summed E-state index contributed by atoms with van der Waals surface area (Å²) in [5.74, 6) is 0. The minimum absolute atomic E-state index is 1.22. The molecule has 136 valence electrons. The van der Waals surface area contributed by atoms with Crippen LogP contribution in [0.4, 0.5) is 0 Å². The van der Waals surface area contributed by atoms with Crippen LogP contribution < -0.4 is 2.89 Å². The van der Waals surface area contributed by atoms with E-state index < -0.39 is 18.4 Å². The van der Waals surface area contributed by atoms with Crippen LogP contribution in [0.15, 0.2) is 11.4 Å². The molecule has 0 saturated carbocycles. The quantitative estimate of drug-likeness (QED) is 0.275. The molecule has 0 atom stereocenters. The van der Waals surface area contributed by atoms with Gasteiger partial charge >= 0.3 is 161 Å². The van der Waals surface area contributed by atoms with Gasteiger partial charge in [0.05, 0.1) is 0 Å². The van der Waals surface area contributed by atoms with Gasteiger partial charge in [-0.1, -0.05) is 0 Å². The van der Waals surface area contributed by atoms with Gasteiger partial charge in [0.2, 0.25) is 0 Å². The van der Waals surface area contributed by atoms with Crippen molar-refractivity contribution in [3.8, 4) is 0 Å². The monoisotopic (exact) mass is 474 g/mol. The van der Waals surface area contributed by atoms with E-state index in [1.54, 1.807) is 25.1 Å². The molecule has 0 aromatic carbocycles. The van der Waals surface area contributed by atoms with Crippen LogP contribution in [0.25, 0.3) is 4.83 Å². The first-order chi connectivity index (χ1) is 11.6. The Hall–Kier alpha value is 0.319. The fraction of sp³-hybridized carbons (Fsp3) is 0.737. The van der Waals surface area contributed by atoms with Gasteiger partial charge in [-0.05, 0) is 0 Å². The van der Waals surface area contributed by atoms with Crippen molar-refractivity contribution in [1.29, 1.82) is 0 Å². The molecule has 2 nitrogen and oxygen atoms in total. The second-order valence-corrected chi connectivity index (χ2v) is 22.9. The molecule has 5 heteroatoms. The van der Waals surface area contributed by atoms with Gasteiger partial charge in [0.15, 0.2) is 0 Å². The summed E-state index contributed by atoms with van der Waals surface area (Å²) >= 11 is 1.59. The molecular weight excluding hydrogens is 439 g/mol. The molecule has 2 rings (SSSR count). The normalized spacial score (nSPS) is 12.4. The number of hydrogen-bond acceptors (Lipinski definition) is 3. The summed E-state index contributed by atoms with van der Waals surface area (Å²) in [6.45, 7) is 9.44. The summed E-state index contributed by atoms with van der Waals surface area (Å²) in [6.07, 6.45) is 12.6. The van der Waals surface area contributed by atoms with Gasteiger partial charge in [0.1, 0.15) is 0 Å². The number of nitrogens with zero attached hydrogens (tertiary/aromatic N) is 2. The molecular formula is C19H34N2S2Sn. The molecule has 0 amide bonds. The molecule has 0 aliphatic rings. The van der Waals surface area contributed by atoms with Crippen molar-refractivity contribution in [2.75, 3.05) is 6.26 Å². The van der Waals surface area contributed by atoms with E-state index in [-0.39, 0.29) is 0 Å². The summed E-state index contributed by atoms with van der Waals surface area (Å²) in [6, 6.07) is 0. The standard InChI is InChI=1S/C7H7N2S2.3C4H9.Sn/c1-5-3-11-7-6(10-2)8-4-9(5)7;3*1-3-4-2;/h4H,1-2H3;3*1,3-4H2,2H3;. The van der Waals surface area contributed by atoms with Crippen LogP contribution in [0.2, 0.25) is 13.3 Å². The Labute approximate surface area is 160 Å². The van der Waals surface area contributed by atoms with Gasteiger partial charge < -0.3 is 0 Å². The SMILES string of the molecule is CCC[CH2][Sn]([CH2]CCC)([CH2]CCC)[c]1sc2c(SC)ncn2c1C. The molecule has 0 radical (unpaired) electrons. The summed E-state index contributed by atoms with van der Waals surface area (Å²) < 4.78 is 8.90. The van der Waals surface area contributed by atoms with E-state index in [0.29, 0.717) is 0 Å². The molecule has 0 saturated heterocycles. The van der Waals surface area contributed by atoms with Crippen LogP contribution in [0.3, 0.4) is 0 Å². The molecule has 24 heavy (non-hydrogen) atoms. The zero-order valence-corrected chi connectivity index (χ0v) is 20.6. The maximum atomic E-state index is 4.60. The molecule has 2 aromatic heterocycles. The molecule has 0 aliphatic heterocycles. The average molecular weight is 473 g/mol. The third-order valence-corrected chi connectivity index (χ3v) is 26.0. The number of rotatable bonds is 11. The van der Waals surface area contributed by atoms with Crippen molar-refractivity contribution in [3.05, 3.63) is 12.0 Å². The summed E-state index contributed by atoms with van der Waals surface area (Å²) in [7, 11) is 0. The molecule has 0 N–H and O–H groups in total. The molecule has 0 unspecified atom stereocenters. The van der Waals surface area contributed by atoms with E-state index in [9.17, 15) is 0 Å². The number of thiazole rings is 1. The van der Waals surface area contributed by atoms with Crippen LogP contribution in [0.5, 0.6) is 0 Å². The Morgan fingerprint density at radius 3 is 2.04 bits per heavy atom. The van der Waals surface area contributed by atoms with Crippen LogP contribution in [-0.4, -0.2) is 34.0 Å². The van der Waals surface area contributed by atoms with E-state index in [0.717, 1.165) is 0 Å². The van der Waals surface area contributed by atoms with Gasteiger partial charge in [-0.15, -0.1) is 0 Å². The van der Waals surface area contributed by atoms with Crippen molar-refractivity contribution in [3.63, 3.8) is 0 Å². The fourth-order valence-corrected chi connectivity index (χ4v) is 25.9. The van der Waals surface area contributed by atoms with Crippen molar-refractivity contribution < 1.29 is 0 Å². The van der Waals surface area contributed by atoms with E-state index in [2.05, 4.69) is 61.0 Å². The van der Waals surface area contributed by atoms with E-state index in [4.69, 9.17) is 0 Å². The number of hydrogen-bond donors (Lipinski definition) is 0. The summed E-state index contributed by atoms with van der Waals surface area (Å²) in [4.78, 5) is 6.01. The second kappa shape index (κ2) is 9.86. The molecule has 2 heterocycles. The molecule has 0 bridgehead atoms. The Kier molecular flexibility index (Phi) is 8.48. The van der Waals surface area contributed by atoms with Crippen molar-refractivity contribution >= 4 is 49.2 Å². The number of imidazole rings is 1. The van der Waals surface area contributed by atoms with Crippen molar-refractivity contribution in [1.82, 2.24) is 9.38 Å². The van der Waals surface area contributed by atoms with Gasteiger partial charge in [-0.3, -0.25) is 0 Å². The van der Waals surface area contributed by atoms with Crippen LogP contribution in [-0.2, 0) is 0 Å². The molecule has 2 aromatic rings. The van der Waals surface area contributed by atoms with Crippen molar-refractivity contribution in [2.45, 2.75) is 84.6 Å². The van der Waals surface area contributed by atoms with E-state index >= 15 is 0 Å². The van der Waals surface area contributed by atoms with Crippen LogP contribution in [0.1, 0.15) is 65.0 Å². The zero-order chi connectivity index (χ0) is 17.6. The minimum atomic E-state index is -2.31. The Bertz CT molecular complexity index is 611. The number of aromatic nitrogens is 2.